The third kappa shape index (κ3) is 5.30. The molecule has 4 rings (SSSR count). The van der Waals surface area contributed by atoms with Gasteiger partial charge in [-0.1, -0.05) is 83.5 Å². The summed E-state index contributed by atoms with van der Waals surface area (Å²) in [5, 5.41) is 12.4. The number of benzene rings is 2. The van der Waals surface area contributed by atoms with Crippen molar-refractivity contribution < 1.29 is 4.79 Å². The maximum absolute atomic E-state index is 12.8. The van der Waals surface area contributed by atoms with Gasteiger partial charge in [-0.2, -0.15) is 0 Å². The molecule has 9 heteroatoms. The van der Waals surface area contributed by atoms with Crippen molar-refractivity contribution in [3.63, 3.8) is 0 Å². The lowest BCUT2D eigenvalue weighted by molar-refractivity contribution is -0.115. The van der Waals surface area contributed by atoms with Crippen LogP contribution in [0.3, 0.4) is 0 Å². The summed E-state index contributed by atoms with van der Waals surface area (Å²) in [4.78, 5) is 16.9. The van der Waals surface area contributed by atoms with E-state index in [1.807, 2.05) is 53.1 Å². The van der Waals surface area contributed by atoms with Gasteiger partial charge in [0.25, 0.3) is 0 Å². The second kappa shape index (κ2) is 10.2. The number of para-hydroxylation sites is 1. The van der Waals surface area contributed by atoms with Crippen molar-refractivity contribution in [3.8, 4) is 5.69 Å². The molecule has 0 radical (unpaired) electrons. The number of hydrogen-bond donors (Lipinski definition) is 1. The Morgan fingerprint density at radius 2 is 1.75 bits per heavy atom. The molecule has 0 aliphatic heterocycles. The lowest BCUT2D eigenvalue weighted by Gasteiger charge is -2.14. The largest absolute Gasteiger partial charge is 0.308 e. The summed E-state index contributed by atoms with van der Waals surface area (Å²) in [6, 6.07) is 21.5. The predicted molar refractivity (Wildman–Crippen MR) is 129 cm³/mol. The van der Waals surface area contributed by atoms with E-state index in [9.17, 15) is 4.79 Å². The number of anilines is 1. The summed E-state index contributed by atoms with van der Waals surface area (Å²) in [6.45, 7) is 1.80. The highest BCUT2D eigenvalue weighted by atomic mass is 35.5. The summed E-state index contributed by atoms with van der Waals surface area (Å²) in [7, 11) is 0. The predicted octanol–water partition coefficient (Wildman–Crippen LogP) is 5.68. The summed E-state index contributed by atoms with van der Waals surface area (Å²) < 4.78 is 1.98. The fourth-order valence-electron chi connectivity index (χ4n) is 3.04. The molecule has 1 atom stereocenters. The quantitative estimate of drug-likeness (QED) is 0.342. The van der Waals surface area contributed by atoms with Gasteiger partial charge in [-0.15, -0.1) is 10.2 Å². The fourth-order valence-corrected chi connectivity index (χ4v) is 4.36. The number of rotatable bonds is 7. The van der Waals surface area contributed by atoms with Crippen LogP contribution in [0, 0.1) is 0 Å². The summed E-state index contributed by atoms with van der Waals surface area (Å²) >= 11 is 13.3. The third-order valence-electron chi connectivity index (χ3n) is 4.62. The van der Waals surface area contributed by atoms with Crippen LogP contribution >= 0.6 is 35.0 Å². The minimum Gasteiger partial charge on any atom is -0.308 e. The number of halogens is 2. The van der Waals surface area contributed by atoms with Crippen LogP contribution in [-0.4, -0.2) is 30.9 Å². The SMILES string of the molecule is CC(Sc1nnc(Cc2ccccc2)n1-c1ccccc1)C(=O)Nc1ncc(Cl)cc1Cl. The Bertz CT molecular complexity index is 1220. The van der Waals surface area contributed by atoms with Gasteiger partial charge >= 0.3 is 0 Å². The Balaban J connectivity index is 1.58. The molecule has 162 valence electrons. The average Bonchev–Trinajstić information content (AvgIpc) is 3.18. The summed E-state index contributed by atoms with van der Waals surface area (Å²) in [5.74, 6) is 0.807. The van der Waals surface area contributed by atoms with Gasteiger partial charge in [0, 0.05) is 18.3 Å². The van der Waals surface area contributed by atoms with Crippen molar-refractivity contribution in [1.82, 2.24) is 19.7 Å². The number of carbonyl (C=O) groups excluding carboxylic acids is 1. The molecule has 1 unspecified atom stereocenters. The van der Waals surface area contributed by atoms with Gasteiger partial charge in [-0.05, 0) is 30.7 Å². The van der Waals surface area contributed by atoms with E-state index < -0.39 is 5.25 Å². The van der Waals surface area contributed by atoms with Crippen molar-refractivity contribution in [2.75, 3.05) is 5.32 Å². The molecule has 32 heavy (non-hydrogen) atoms. The molecule has 2 heterocycles. The minimum atomic E-state index is -0.472. The van der Waals surface area contributed by atoms with Crippen LogP contribution in [0.2, 0.25) is 10.0 Å². The average molecular weight is 484 g/mol. The number of hydrogen-bond acceptors (Lipinski definition) is 5. The van der Waals surface area contributed by atoms with Gasteiger partial charge in [-0.3, -0.25) is 9.36 Å². The van der Waals surface area contributed by atoms with Crippen molar-refractivity contribution >= 4 is 46.7 Å². The molecule has 6 nitrogen and oxygen atoms in total. The molecule has 1 amide bonds. The molecule has 1 N–H and O–H groups in total. The highest BCUT2D eigenvalue weighted by Crippen LogP contribution is 2.28. The highest BCUT2D eigenvalue weighted by Gasteiger charge is 2.22. The van der Waals surface area contributed by atoms with Gasteiger partial charge in [-0.25, -0.2) is 4.98 Å². The van der Waals surface area contributed by atoms with E-state index >= 15 is 0 Å². The van der Waals surface area contributed by atoms with Crippen molar-refractivity contribution in [3.05, 3.63) is 94.4 Å². The zero-order valence-corrected chi connectivity index (χ0v) is 19.4. The van der Waals surface area contributed by atoms with Crippen LogP contribution in [-0.2, 0) is 11.2 Å². The maximum Gasteiger partial charge on any atom is 0.238 e. The molecule has 0 spiro atoms. The van der Waals surface area contributed by atoms with E-state index in [0.29, 0.717) is 16.6 Å². The molecular formula is C23H19Cl2N5OS. The van der Waals surface area contributed by atoms with E-state index in [0.717, 1.165) is 17.1 Å². The number of aromatic nitrogens is 4. The Hall–Kier alpha value is -2.87. The van der Waals surface area contributed by atoms with E-state index in [1.54, 1.807) is 6.92 Å². The smallest absolute Gasteiger partial charge is 0.238 e. The van der Waals surface area contributed by atoms with Gasteiger partial charge < -0.3 is 5.32 Å². The van der Waals surface area contributed by atoms with Crippen LogP contribution in [0.25, 0.3) is 5.69 Å². The van der Waals surface area contributed by atoms with Crippen molar-refractivity contribution in [2.45, 2.75) is 23.8 Å². The number of nitrogens with zero attached hydrogens (tertiary/aromatic N) is 4. The van der Waals surface area contributed by atoms with E-state index in [2.05, 4.69) is 32.6 Å². The maximum atomic E-state index is 12.8. The van der Waals surface area contributed by atoms with E-state index in [4.69, 9.17) is 23.2 Å². The monoisotopic (exact) mass is 483 g/mol. The fraction of sp³-hybridized carbons (Fsp3) is 0.130. The number of nitrogens with one attached hydrogen (secondary N) is 1. The molecule has 2 aromatic carbocycles. The zero-order chi connectivity index (χ0) is 22.5. The molecule has 0 saturated carbocycles. The number of carbonyl (C=O) groups is 1. The number of thioether (sulfide) groups is 1. The van der Waals surface area contributed by atoms with Gasteiger partial charge in [0.05, 0.1) is 15.3 Å². The molecule has 0 aliphatic carbocycles. The third-order valence-corrected chi connectivity index (χ3v) is 6.16. The Morgan fingerprint density at radius 3 is 2.44 bits per heavy atom. The molecule has 0 fully saturated rings. The summed E-state index contributed by atoms with van der Waals surface area (Å²) in [6.07, 6.45) is 2.05. The second-order valence-corrected chi connectivity index (χ2v) is 9.12. The van der Waals surface area contributed by atoms with Crippen molar-refractivity contribution in [2.24, 2.45) is 0 Å². The van der Waals surface area contributed by atoms with Crippen LogP contribution in [0.15, 0.2) is 78.1 Å². The Morgan fingerprint density at radius 1 is 1.06 bits per heavy atom. The van der Waals surface area contributed by atoms with Gasteiger partial charge in [0.2, 0.25) is 5.91 Å². The molecular weight excluding hydrogens is 465 g/mol. The lowest BCUT2D eigenvalue weighted by atomic mass is 10.1. The molecule has 4 aromatic rings. The molecule has 0 aliphatic rings. The van der Waals surface area contributed by atoms with E-state index in [-0.39, 0.29) is 16.7 Å². The van der Waals surface area contributed by atoms with Crippen LogP contribution in [0.1, 0.15) is 18.3 Å². The lowest BCUT2D eigenvalue weighted by Crippen LogP contribution is -2.23. The zero-order valence-electron chi connectivity index (χ0n) is 17.1. The van der Waals surface area contributed by atoms with Crippen LogP contribution < -0.4 is 5.32 Å². The van der Waals surface area contributed by atoms with E-state index in [1.165, 1.54) is 24.0 Å². The Kier molecular flexibility index (Phi) is 7.09. The topological polar surface area (TPSA) is 72.7 Å². The first kappa shape index (κ1) is 22.3. The first-order chi connectivity index (χ1) is 15.5. The molecule has 0 saturated heterocycles. The van der Waals surface area contributed by atoms with Crippen molar-refractivity contribution in [1.29, 1.82) is 0 Å². The summed E-state index contributed by atoms with van der Waals surface area (Å²) in [5.41, 5.74) is 2.06. The molecule has 2 aromatic heterocycles. The van der Waals surface area contributed by atoms with Crippen LogP contribution in [0.5, 0.6) is 0 Å². The second-order valence-electron chi connectivity index (χ2n) is 6.97. The first-order valence-electron chi connectivity index (χ1n) is 9.83. The normalized spacial score (nSPS) is 11.8. The standard InChI is InChI=1S/C23H19Cl2N5OS/c1-15(22(31)27-21-19(25)13-17(24)14-26-21)32-23-29-28-20(12-16-8-4-2-5-9-16)30(23)18-10-6-3-7-11-18/h2-11,13-15H,12H2,1H3,(H,26,27,31). The molecule has 0 bridgehead atoms. The van der Waals surface area contributed by atoms with Crippen LogP contribution in [0.4, 0.5) is 5.82 Å². The number of pyridine rings is 1. The Labute approximate surface area is 200 Å². The van der Waals surface area contributed by atoms with Gasteiger partial charge in [0.15, 0.2) is 11.0 Å². The minimum absolute atomic E-state index is 0.251. The first-order valence-corrected chi connectivity index (χ1v) is 11.5. The highest BCUT2D eigenvalue weighted by molar-refractivity contribution is 8.00. The number of amides is 1. The van der Waals surface area contributed by atoms with Gasteiger partial charge in [0.1, 0.15) is 5.82 Å².